The van der Waals surface area contributed by atoms with Crippen molar-refractivity contribution in [3.05, 3.63) is 21.3 Å². The number of aliphatic hydroxyl groups excluding tert-OH is 1. The minimum absolute atomic E-state index is 0.123. The highest BCUT2D eigenvalue weighted by atomic mass is 79.9. The molecule has 3 nitrogen and oxygen atoms in total. The van der Waals surface area contributed by atoms with Gasteiger partial charge in [-0.25, -0.2) is 4.98 Å². The van der Waals surface area contributed by atoms with E-state index in [1.54, 1.807) is 0 Å². The van der Waals surface area contributed by atoms with Crippen LogP contribution in [0.25, 0.3) is 0 Å². The van der Waals surface area contributed by atoms with E-state index in [-0.39, 0.29) is 6.61 Å². The van der Waals surface area contributed by atoms with Gasteiger partial charge in [-0.05, 0) is 44.0 Å². The van der Waals surface area contributed by atoms with Gasteiger partial charge in [0.05, 0.1) is 6.61 Å². The molecule has 0 saturated carbocycles. The van der Waals surface area contributed by atoms with Crippen molar-refractivity contribution in [2.45, 2.75) is 0 Å². The second-order valence-electron chi connectivity index (χ2n) is 2.15. The average molecular weight is 296 g/mol. The van der Waals surface area contributed by atoms with E-state index in [1.165, 1.54) is 0 Å². The molecule has 0 aromatic carbocycles. The van der Waals surface area contributed by atoms with Crippen molar-refractivity contribution < 1.29 is 5.11 Å². The van der Waals surface area contributed by atoms with Gasteiger partial charge < -0.3 is 10.4 Å². The molecule has 0 atom stereocenters. The van der Waals surface area contributed by atoms with Crippen LogP contribution in [0.15, 0.2) is 21.3 Å². The number of pyridine rings is 1. The van der Waals surface area contributed by atoms with Crippen LogP contribution < -0.4 is 5.32 Å². The van der Waals surface area contributed by atoms with Crippen LogP contribution >= 0.6 is 31.9 Å². The summed E-state index contributed by atoms with van der Waals surface area (Å²) >= 11 is 6.52. The Balaban J connectivity index is 2.72. The summed E-state index contributed by atoms with van der Waals surface area (Å²) in [5.74, 6) is 0. The topological polar surface area (TPSA) is 45.1 Å². The maximum absolute atomic E-state index is 8.56. The summed E-state index contributed by atoms with van der Waals surface area (Å²) in [5.41, 5.74) is 0.929. The Bertz CT molecular complexity index is 247. The SMILES string of the molecule is OCCNc1cc(Br)nc(Br)c1. The zero-order chi connectivity index (χ0) is 8.97. The molecular formula is C7H8Br2N2O. The van der Waals surface area contributed by atoms with E-state index in [4.69, 9.17) is 5.11 Å². The molecule has 1 aromatic heterocycles. The average Bonchev–Trinajstić information content (AvgIpc) is 1.99. The second-order valence-corrected chi connectivity index (χ2v) is 3.78. The number of hydrogen-bond donors (Lipinski definition) is 2. The number of anilines is 1. The molecule has 1 aromatic rings. The van der Waals surface area contributed by atoms with E-state index >= 15 is 0 Å². The van der Waals surface area contributed by atoms with Gasteiger partial charge in [-0.1, -0.05) is 0 Å². The molecule has 0 aliphatic rings. The number of nitrogens with zero attached hydrogens (tertiary/aromatic N) is 1. The first-order chi connectivity index (χ1) is 5.72. The predicted octanol–water partition coefficient (Wildman–Crippen LogP) is 2.01. The number of rotatable bonds is 3. The van der Waals surface area contributed by atoms with E-state index in [1.807, 2.05) is 12.1 Å². The lowest BCUT2D eigenvalue weighted by molar-refractivity contribution is 0.311. The zero-order valence-electron chi connectivity index (χ0n) is 6.22. The van der Waals surface area contributed by atoms with Gasteiger partial charge in [-0.2, -0.15) is 0 Å². The van der Waals surface area contributed by atoms with Crippen molar-refractivity contribution in [3.8, 4) is 0 Å². The normalized spacial score (nSPS) is 9.92. The molecule has 1 rings (SSSR count). The zero-order valence-corrected chi connectivity index (χ0v) is 9.39. The fraction of sp³-hybridized carbons (Fsp3) is 0.286. The Morgan fingerprint density at radius 2 is 1.92 bits per heavy atom. The third-order valence-electron chi connectivity index (χ3n) is 1.20. The van der Waals surface area contributed by atoms with Crippen LogP contribution in [0.1, 0.15) is 0 Å². The monoisotopic (exact) mass is 294 g/mol. The first-order valence-corrected chi connectivity index (χ1v) is 4.99. The summed E-state index contributed by atoms with van der Waals surface area (Å²) in [6.45, 7) is 0.667. The quantitative estimate of drug-likeness (QED) is 0.839. The Hall–Kier alpha value is -0.130. The van der Waals surface area contributed by atoms with Crippen molar-refractivity contribution >= 4 is 37.5 Å². The predicted molar refractivity (Wildman–Crippen MR) is 55.2 cm³/mol. The standard InChI is InChI=1S/C7H8Br2N2O/c8-6-3-5(10-1-2-12)4-7(9)11-6/h3-4,12H,1-2H2,(H,10,11). The summed E-state index contributed by atoms with van der Waals surface area (Å²) in [6, 6.07) is 3.70. The molecule has 12 heavy (non-hydrogen) atoms. The first kappa shape index (κ1) is 9.95. The highest BCUT2D eigenvalue weighted by molar-refractivity contribution is 9.11. The molecule has 0 spiro atoms. The minimum Gasteiger partial charge on any atom is -0.395 e. The number of hydrogen-bond acceptors (Lipinski definition) is 3. The van der Waals surface area contributed by atoms with Gasteiger partial charge >= 0.3 is 0 Å². The lowest BCUT2D eigenvalue weighted by Gasteiger charge is -2.04. The summed E-state index contributed by atoms with van der Waals surface area (Å²) in [7, 11) is 0. The lowest BCUT2D eigenvalue weighted by atomic mass is 10.4. The number of halogens is 2. The molecule has 2 N–H and O–H groups in total. The van der Waals surface area contributed by atoms with Crippen LogP contribution in [0, 0.1) is 0 Å². The Labute approximate surface area is 87.5 Å². The van der Waals surface area contributed by atoms with Crippen LogP contribution in [0.5, 0.6) is 0 Å². The Morgan fingerprint density at radius 3 is 2.42 bits per heavy atom. The third-order valence-corrected chi connectivity index (χ3v) is 2.02. The van der Waals surface area contributed by atoms with Gasteiger partial charge in [0.15, 0.2) is 0 Å². The van der Waals surface area contributed by atoms with E-state index in [0.717, 1.165) is 14.9 Å². The number of nitrogens with one attached hydrogen (secondary N) is 1. The molecule has 0 fully saturated rings. The molecule has 5 heteroatoms. The number of aliphatic hydroxyl groups is 1. The summed E-state index contributed by atoms with van der Waals surface area (Å²) in [5, 5.41) is 11.6. The molecule has 0 amide bonds. The summed E-state index contributed by atoms with van der Waals surface area (Å²) < 4.78 is 1.52. The highest BCUT2D eigenvalue weighted by Crippen LogP contribution is 2.18. The maximum atomic E-state index is 8.56. The lowest BCUT2D eigenvalue weighted by Crippen LogP contribution is -2.05. The second kappa shape index (κ2) is 4.79. The van der Waals surface area contributed by atoms with E-state index in [9.17, 15) is 0 Å². The third kappa shape index (κ3) is 3.08. The Kier molecular flexibility index (Phi) is 3.97. The largest absolute Gasteiger partial charge is 0.395 e. The first-order valence-electron chi connectivity index (χ1n) is 3.40. The van der Waals surface area contributed by atoms with E-state index in [0.29, 0.717) is 6.54 Å². The van der Waals surface area contributed by atoms with Gasteiger partial charge in [0.1, 0.15) is 9.21 Å². The molecular weight excluding hydrogens is 288 g/mol. The van der Waals surface area contributed by atoms with Crippen LogP contribution in [0.3, 0.4) is 0 Å². The van der Waals surface area contributed by atoms with E-state index < -0.39 is 0 Å². The van der Waals surface area contributed by atoms with Crippen LogP contribution in [0.2, 0.25) is 0 Å². The van der Waals surface area contributed by atoms with Crippen LogP contribution in [-0.2, 0) is 0 Å². The van der Waals surface area contributed by atoms with Crippen molar-refractivity contribution in [1.29, 1.82) is 0 Å². The van der Waals surface area contributed by atoms with Gasteiger partial charge in [0, 0.05) is 12.2 Å². The number of aromatic nitrogens is 1. The van der Waals surface area contributed by atoms with Crippen molar-refractivity contribution in [2.24, 2.45) is 0 Å². The molecule has 1 heterocycles. The maximum Gasteiger partial charge on any atom is 0.109 e. The summed E-state index contributed by atoms with van der Waals surface area (Å²) in [4.78, 5) is 4.07. The van der Waals surface area contributed by atoms with Crippen molar-refractivity contribution in [1.82, 2.24) is 4.98 Å². The van der Waals surface area contributed by atoms with Gasteiger partial charge in [-0.15, -0.1) is 0 Å². The fourth-order valence-corrected chi connectivity index (χ4v) is 1.88. The molecule has 0 radical (unpaired) electrons. The molecule has 0 bridgehead atoms. The van der Waals surface area contributed by atoms with Gasteiger partial charge in [0.25, 0.3) is 0 Å². The van der Waals surface area contributed by atoms with Crippen molar-refractivity contribution in [2.75, 3.05) is 18.5 Å². The molecule has 0 saturated heterocycles. The van der Waals surface area contributed by atoms with Gasteiger partial charge in [0.2, 0.25) is 0 Å². The van der Waals surface area contributed by atoms with Crippen LogP contribution in [-0.4, -0.2) is 23.2 Å². The minimum atomic E-state index is 0.123. The smallest absolute Gasteiger partial charge is 0.109 e. The Morgan fingerprint density at radius 1 is 1.33 bits per heavy atom. The summed E-state index contributed by atoms with van der Waals surface area (Å²) in [6.07, 6.45) is 0. The molecule has 0 unspecified atom stereocenters. The fourth-order valence-electron chi connectivity index (χ4n) is 0.767. The van der Waals surface area contributed by atoms with E-state index in [2.05, 4.69) is 42.2 Å². The molecule has 0 aliphatic heterocycles. The van der Waals surface area contributed by atoms with Crippen molar-refractivity contribution in [3.63, 3.8) is 0 Å². The molecule has 0 aliphatic carbocycles. The van der Waals surface area contributed by atoms with Gasteiger partial charge in [-0.3, -0.25) is 0 Å². The molecule has 66 valence electrons. The van der Waals surface area contributed by atoms with Crippen LogP contribution in [0.4, 0.5) is 5.69 Å². The highest BCUT2D eigenvalue weighted by Gasteiger charge is 1.96.